The van der Waals surface area contributed by atoms with Gasteiger partial charge in [-0.3, -0.25) is 0 Å². The lowest BCUT2D eigenvalue weighted by molar-refractivity contribution is 0.0828. The summed E-state index contributed by atoms with van der Waals surface area (Å²) in [4.78, 5) is 0. The molecule has 2 heterocycles. The summed E-state index contributed by atoms with van der Waals surface area (Å²) in [5.74, 6) is 1.86. The molecule has 0 bridgehead atoms. The molecule has 1 saturated heterocycles. The molecule has 2 aliphatic rings. The summed E-state index contributed by atoms with van der Waals surface area (Å²) in [5, 5.41) is 3.75. The molecule has 4 rings (SSSR count). The largest absolute Gasteiger partial charge is 0.493 e. The number of methoxy groups -OCH3 is 2. The summed E-state index contributed by atoms with van der Waals surface area (Å²) in [6, 6.07) is 11.1. The minimum Gasteiger partial charge on any atom is -0.493 e. The van der Waals surface area contributed by atoms with Crippen LogP contribution < -0.4 is 14.8 Å². The number of hydrogen-bond donors (Lipinski definition) is 1. The van der Waals surface area contributed by atoms with Crippen LogP contribution in [0, 0.1) is 5.92 Å². The highest BCUT2D eigenvalue weighted by Crippen LogP contribution is 2.51. The number of aryl methyl sites for hydroxylation is 1. The third kappa shape index (κ3) is 2.87. The standard InChI is InChI=1S/C21H24BrNO3/c1-4-12-5-6-17-15(9-12)20-14(7-8-26-20)19(23-17)13-10-16(22)21(25-3)18(11-13)24-2/h5-6,9-11,14,19-20,23H,4,7-8H2,1-3H3/t14-,19-,20-/m0/s1. The highest BCUT2D eigenvalue weighted by atomic mass is 79.9. The lowest BCUT2D eigenvalue weighted by Crippen LogP contribution is -2.29. The van der Waals surface area contributed by atoms with Crippen LogP contribution in [0.5, 0.6) is 11.5 Å². The van der Waals surface area contributed by atoms with Gasteiger partial charge in [-0.15, -0.1) is 0 Å². The van der Waals surface area contributed by atoms with Crippen LogP contribution in [0.2, 0.25) is 0 Å². The number of benzene rings is 2. The maximum atomic E-state index is 6.16. The van der Waals surface area contributed by atoms with Gasteiger partial charge in [-0.2, -0.15) is 0 Å². The summed E-state index contributed by atoms with van der Waals surface area (Å²) < 4.78 is 18.1. The lowest BCUT2D eigenvalue weighted by atomic mass is 9.80. The lowest BCUT2D eigenvalue weighted by Gasteiger charge is -2.37. The Morgan fingerprint density at radius 1 is 1.19 bits per heavy atom. The summed E-state index contributed by atoms with van der Waals surface area (Å²) in [7, 11) is 3.33. The van der Waals surface area contributed by atoms with Gasteiger partial charge in [0.2, 0.25) is 0 Å². The molecule has 5 heteroatoms. The first-order chi connectivity index (χ1) is 12.7. The highest BCUT2D eigenvalue weighted by Gasteiger charge is 2.41. The molecule has 0 spiro atoms. The van der Waals surface area contributed by atoms with E-state index in [1.54, 1.807) is 14.2 Å². The zero-order chi connectivity index (χ0) is 18.3. The number of anilines is 1. The number of rotatable bonds is 4. The van der Waals surface area contributed by atoms with E-state index in [-0.39, 0.29) is 12.1 Å². The molecule has 4 nitrogen and oxygen atoms in total. The second-order valence-corrected chi connectivity index (χ2v) is 7.73. The Labute approximate surface area is 163 Å². The summed E-state index contributed by atoms with van der Waals surface area (Å²) >= 11 is 3.62. The zero-order valence-electron chi connectivity index (χ0n) is 15.3. The van der Waals surface area contributed by atoms with Crippen molar-refractivity contribution in [2.24, 2.45) is 5.92 Å². The molecule has 138 valence electrons. The van der Waals surface area contributed by atoms with Crippen molar-refractivity contribution in [1.82, 2.24) is 0 Å². The average Bonchev–Trinajstić information content (AvgIpc) is 3.16. The summed E-state index contributed by atoms with van der Waals surface area (Å²) in [5.41, 5.74) is 5.00. The van der Waals surface area contributed by atoms with E-state index in [9.17, 15) is 0 Å². The van der Waals surface area contributed by atoms with Gasteiger partial charge in [0, 0.05) is 23.8 Å². The fourth-order valence-electron chi connectivity index (χ4n) is 4.19. The molecular formula is C21H24BrNO3. The van der Waals surface area contributed by atoms with Crippen molar-refractivity contribution in [3.05, 3.63) is 51.5 Å². The van der Waals surface area contributed by atoms with Gasteiger partial charge in [0.25, 0.3) is 0 Å². The highest BCUT2D eigenvalue weighted by molar-refractivity contribution is 9.10. The third-order valence-corrected chi connectivity index (χ3v) is 6.11. The maximum absolute atomic E-state index is 6.16. The van der Waals surface area contributed by atoms with Crippen LogP contribution in [0.3, 0.4) is 0 Å². The molecule has 1 fully saturated rings. The second-order valence-electron chi connectivity index (χ2n) is 6.88. The maximum Gasteiger partial charge on any atom is 0.174 e. The van der Waals surface area contributed by atoms with Crippen LogP contribution in [-0.4, -0.2) is 20.8 Å². The molecule has 0 amide bonds. The molecule has 26 heavy (non-hydrogen) atoms. The van der Waals surface area contributed by atoms with Crippen molar-refractivity contribution in [2.45, 2.75) is 31.9 Å². The molecule has 0 saturated carbocycles. The van der Waals surface area contributed by atoms with Crippen molar-refractivity contribution >= 4 is 21.6 Å². The molecule has 2 aliphatic heterocycles. The fraction of sp³-hybridized carbons (Fsp3) is 0.429. The Kier molecular flexibility index (Phi) is 4.84. The predicted octanol–water partition coefficient (Wildman–Crippen LogP) is 5.27. The van der Waals surface area contributed by atoms with E-state index in [1.807, 2.05) is 0 Å². The van der Waals surface area contributed by atoms with E-state index in [4.69, 9.17) is 14.2 Å². The van der Waals surface area contributed by atoms with E-state index in [0.29, 0.717) is 5.92 Å². The third-order valence-electron chi connectivity index (χ3n) is 5.52. The topological polar surface area (TPSA) is 39.7 Å². The normalized spacial score (nSPS) is 23.8. The Bertz CT molecular complexity index is 823. The van der Waals surface area contributed by atoms with Gasteiger partial charge in [0.1, 0.15) is 0 Å². The van der Waals surface area contributed by atoms with Gasteiger partial charge >= 0.3 is 0 Å². The van der Waals surface area contributed by atoms with E-state index in [0.717, 1.165) is 35.4 Å². The minimum absolute atomic E-state index is 0.148. The van der Waals surface area contributed by atoms with E-state index in [2.05, 4.69) is 58.5 Å². The fourth-order valence-corrected chi connectivity index (χ4v) is 4.81. The number of hydrogen-bond acceptors (Lipinski definition) is 4. The molecule has 0 aliphatic carbocycles. The Morgan fingerprint density at radius 2 is 2.04 bits per heavy atom. The van der Waals surface area contributed by atoms with Crippen molar-refractivity contribution in [2.75, 3.05) is 26.1 Å². The molecule has 1 N–H and O–H groups in total. The van der Waals surface area contributed by atoms with Crippen molar-refractivity contribution in [3.63, 3.8) is 0 Å². The second kappa shape index (κ2) is 7.12. The predicted molar refractivity (Wildman–Crippen MR) is 106 cm³/mol. The average molecular weight is 418 g/mol. The van der Waals surface area contributed by atoms with Crippen LogP contribution in [0.1, 0.15) is 42.2 Å². The minimum atomic E-state index is 0.148. The van der Waals surface area contributed by atoms with Crippen molar-refractivity contribution in [3.8, 4) is 11.5 Å². The van der Waals surface area contributed by atoms with E-state index < -0.39 is 0 Å². The van der Waals surface area contributed by atoms with Crippen LogP contribution >= 0.6 is 15.9 Å². The number of halogens is 1. The van der Waals surface area contributed by atoms with Crippen LogP contribution in [0.15, 0.2) is 34.8 Å². The Morgan fingerprint density at radius 3 is 2.77 bits per heavy atom. The molecule has 2 aromatic rings. The molecule has 0 radical (unpaired) electrons. The number of ether oxygens (including phenoxy) is 3. The summed E-state index contributed by atoms with van der Waals surface area (Å²) in [6.07, 6.45) is 2.23. The Hall–Kier alpha value is -1.72. The van der Waals surface area contributed by atoms with Gasteiger partial charge < -0.3 is 19.5 Å². The molecule has 2 aromatic carbocycles. The van der Waals surface area contributed by atoms with Gasteiger partial charge in [-0.05, 0) is 58.1 Å². The smallest absolute Gasteiger partial charge is 0.174 e. The van der Waals surface area contributed by atoms with Gasteiger partial charge in [0.15, 0.2) is 11.5 Å². The van der Waals surface area contributed by atoms with Crippen molar-refractivity contribution in [1.29, 1.82) is 0 Å². The molecule has 3 atom stereocenters. The number of fused-ring (bicyclic) bond motifs is 3. The van der Waals surface area contributed by atoms with Crippen LogP contribution in [0.4, 0.5) is 5.69 Å². The monoisotopic (exact) mass is 417 g/mol. The van der Waals surface area contributed by atoms with Gasteiger partial charge in [-0.1, -0.05) is 19.1 Å². The summed E-state index contributed by atoms with van der Waals surface area (Å²) in [6.45, 7) is 2.99. The van der Waals surface area contributed by atoms with Crippen molar-refractivity contribution < 1.29 is 14.2 Å². The Balaban J connectivity index is 1.77. The van der Waals surface area contributed by atoms with Crippen LogP contribution in [0.25, 0.3) is 0 Å². The number of nitrogens with one attached hydrogen (secondary N) is 1. The van der Waals surface area contributed by atoms with Gasteiger partial charge in [0.05, 0.1) is 30.8 Å². The first-order valence-corrected chi connectivity index (χ1v) is 9.88. The van der Waals surface area contributed by atoms with E-state index in [1.165, 1.54) is 22.4 Å². The first-order valence-electron chi connectivity index (χ1n) is 9.08. The van der Waals surface area contributed by atoms with E-state index >= 15 is 0 Å². The quantitative estimate of drug-likeness (QED) is 0.734. The zero-order valence-corrected chi connectivity index (χ0v) is 16.9. The first kappa shape index (κ1) is 17.7. The molecule has 0 aromatic heterocycles. The van der Waals surface area contributed by atoms with Gasteiger partial charge in [-0.25, -0.2) is 0 Å². The van der Waals surface area contributed by atoms with Crippen LogP contribution in [-0.2, 0) is 11.2 Å². The SMILES string of the molecule is CCc1ccc2c(c1)[C@H]1OCC[C@H]1[C@H](c1cc(Br)c(OC)c(OC)c1)N2. The molecule has 0 unspecified atom stereocenters. The molecular weight excluding hydrogens is 394 g/mol.